The van der Waals surface area contributed by atoms with Crippen molar-refractivity contribution in [3.8, 4) is 11.5 Å². The first-order valence-corrected chi connectivity index (χ1v) is 7.64. The summed E-state index contributed by atoms with van der Waals surface area (Å²) in [6.07, 6.45) is 3.05. The lowest BCUT2D eigenvalue weighted by molar-refractivity contribution is -0.146. The van der Waals surface area contributed by atoms with Gasteiger partial charge in [0.05, 0.1) is 38.5 Å². The summed E-state index contributed by atoms with van der Waals surface area (Å²) in [5.74, 6) is -1.72. The number of methoxy groups -OCH3 is 2. The van der Waals surface area contributed by atoms with Crippen LogP contribution in [0.3, 0.4) is 0 Å². The van der Waals surface area contributed by atoms with E-state index in [9.17, 15) is 14.7 Å². The van der Waals surface area contributed by atoms with Crippen molar-refractivity contribution in [2.45, 2.75) is 11.7 Å². The largest absolute Gasteiger partial charge is 0.497 e. The van der Waals surface area contributed by atoms with Crippen LogP contribution in [0.2, 0.25) is 0 Å². The third-order valence-corrected chi connectivity index (χ3v) is 5.06. The van der Waals surface area contributed by atoms with Crippen molar-refractivity contribution in [1.29, 1.82) is 0 Å². The fourth-order valence-electron chi connectivity index (χ4n) is 3.99. The molecule has 3 aliphatic heterocycles. The third kappa shape index (κ3) is 1.81. The number of rotatable bonds is 4. The molecular formula is C17H17NO6. The van der Waals surface area contributed by atoms with Crippen LogP contribution in [-0.2, 0) is 14.3 Å². The minimum absolute atomic E-state index is 0.252. The molecule has 126 valence electrons. The predicted octanol–water partition coefficient (Wildman–Crippen LogP) is 1.07. The molecule has 0 radical (unpaired) electrons. The molecule has 7 heteroatoms. The molecule has 2 fully saturated rings. The number of carbonyl (C=O) groups excluding carboxylic acids is 1. The highest BCUT2D eigenvalue weighted by Crippen LogP contribution is 2.53. The van der Waals surface area contributed by atoms with Gasteiger partial charge < -0.3 is 24.2 Å². The Balaban J connectivity index is 1.74. The third-order valence-electron chi connectivity index (χ3n) is 5.06. The quantitative estimate of drug-likeness (QED) is 0.831. The minimum Gasteiger partial charge on any atom is -0.497 e. The van der Waals surface area contributed by atoms with E-state index in [1.54, 1.807) is 36.3 Å². The average molecular weight is 331 g/mol. The lowest BCUT2D eigenvalue weighted by atomic mass is 9.77. The number of hydrogen-bond acceptors (Lipinski definition) is 5. The number of anilines is 1. The van der Waals surface area contributed by atoms with Crippen LogP contribution in [0.4, 0.5) is 5.69 Å². The average Bonchev–Trinajstić information content (AvgIpc) is 3.22. The Bertz CT molecular complexity index is 759. The van der Waals surface area contributed by atoms with Crippen LogP contribution in [0.5, 0.6) is 11.5 Å². The van der Waals surface area contributed by atoms with Gasteiger partial charge in [0.1, 0.15) is 23.0 Å². The van der Waals surface area contributed by atoms with Gasteiger partial charge in [-0.2, -0.15) is 0 Å². The lowest BCUT2D eigenvalue weighted by Crippen LogP contribution is -2.39. The minimum atomic E-state index is -1.01. The zero-order valence-electron chi connectivity index (χ0n) is 13.3. The zero-order chi connectivity index (χ0) is 17.1. The summed E-state index contributed by atoms with van der Waals surface area (Å²) in [6, 6.07) is 5.16. The van der Waals surface area contributed by atoms with Gasteiger partial charge in [0.2, 0.25) is 5.91 Å². The highest BCUT2D eigenvalue weighted by atomic mass is 16.5. The summed E-state index contributed by atoms with van der Waals surface area (Å²) in [6.45, 7) is 0.274. The van der Waals surface area contributed by atoms with Crippen molar-refractivity contribution in [2.24, 2.45) is 11.8 Å². The van der Waals surface area contributed by atoms with Gasteiger partial charge in [-0.15, -0.1) is 0 Å². The highest BCUT2D eigenvalue weighted by molar-refractivity contribution is 6.03. The van der Waals surface area contributed by atoms with Gasteiger partial charge in [0.15, 0.2) is 0 Å². The van der Waals surface area contributed by atoms with E-state index in [1.165, 1.54) is 7.11 Å². The molecule has 1 spiro atoms. The molecule has 1 aromatic rings. The molecule has 3 heterocycles. The monoisotopic (exact) mass is 331 g/mol. The Morgan fingerprint density at radius 3 is 2.83 bits per heavy atom. The Kier molecular flexibility index (Phi) is 3.11. The number of carboxylic acid groups (broad SMARTS) is 1. The number of hydrogen-bond donors (Lipinski definition) is 1. The van der Waals surface area contributed by atoms with Gasteiger partial charge in [0, 0.05) is 6.07 Å². The molecule has 0 aromatic heterocycles. The molecule has 0 saturated carbocycles. The molecule has 4 rings (SSSR count). The summed E-state index contributed by atoms with van der Waals surface area (Å²) in [4.78, 5) is 26.1. The van der Waals surface area contributed by atoms with Gasteiger partial charge in [0.25, 0.3) is 0 Å². The van der Waals surface area contributed by atoms with Crippen molar-refractivity contribution in [3.05, 3.63) is 30.4 Å². The molecule has 1 amide bonds. The van der Waals surface area contributed by atoms with Crippen LogP contribution in [0.1, 0.15) is 0 Å². The second kappa shape index (κ2) is 4.98. The molecule has 3 aliphatic rings. The van der Waals surface area contributed by atoms with Crippen LogP contribution in [0.15, 0.2) is 30.4 Å². The molecule has 0 unspecified atom stereocenters. The van der Waals surface area contributed by atoms with Crippen LogP contribution < -0.4 is 14.4 Å². The molecule has 1 N–H and O–H groups in total. The second-order valence-electron chi connectivity index (χ2n) is 6.20. The van der Waals surface area contributed by atoms with Crippen molar-refractivity contribution in [2.75, 3.05) is 25.7 Å². The Morgan fingerprint density at radius 1 is 1.38 bits per heavy atom. The lowest BCUT2D eigenvalue weighted by Gasteiger charge is -2.23. The van der Waals surface area contributed by atoms with E-state index >= 15 is 0 Å². The topological polar surface area (TPSA) is 85.3 Å². The van der Waals surface area contributed by atoms with Gasteiger partial charge in [-0.1, -0.05) is 12.2 Å². The first kappa shape index (κ1) is 15.0. The van der Waals surface area contributed by atoms with E-state index in [-0.39, 0.29) is 12.5 Å². The normalized spacial score (nSPS) is 33.0. The molecule has 24 heavy (non-hydrogen) atoms. The molecule has 1 aromatic carbocycles. The van der Waals surface area contributed by atoms with Gasteiger partial charge in [-0.25, -0.2) is 0 Å². The fraction of sp³-hybridized carbons (Fsp3) is 0.412. The first-order chi connectivity index (χ1) is 11.5. The van der Waals surface area contributed by atoms with Gasteiger partial charge in [-0.05, 0) is 12.1 Å². The maximum Gasteiger partial charge on any atom is 0.310 e. The van der Waals surface area contributed by atoms with E-state index in [2.05, 4.69) is 0 Å². The number of nitrogens with zero attached hydrogens (tertiary/aromatic N) is 1. The SMILES string of the molecule is COc1ccc(N2C[C@]34C=C[C@@H](O3)[C@@H](C(=O)O)[C@@H]4C2=O)c(OC)c1. The molecule has 7 nitrogen and oxygen atoms in total. The Hall–Kier alpha value is -2.54. The number of aliphatic carboxylic acids is 1. The summed E-state index contributed by atoms with van der Waals surface area (Å²) in [7, 11) is 3.06. The molecule has 4 atom stereocenters. The molecule has 0 aliphatic carbocycles. The van der Waals surface area contributed by atoms with E-state index in [1.807, 2.05) is 6.08 Å². The highest BCUT2D eigenvalue weighted by Gasteiger charge is 2.67. The smallest absolute Gasteiger partial charge is 0.310 e. The summed E-state index contributed by atoms with van der Waals surface area (Å²) in [5.41, 5.74) is -0.285. The number of carbonyl (C=O) groups is 2. The number of carboxylic acids is 1. The summed E-state index contributed by atoms with van der Waals surface area (Å²) < 4.78 is 16.4. The van der Waals surface area contributed by atoms with Gasteiger partial charge >= 0.3 is 5.97 Å². The summed E-state index contributed by atoms with van der Waals surface area (Å²) >= 11 is 0. The van der Waals surface area contributed by atoms with E-state index in [0.717, 1.165) is 0 Å². The number of ether oxygens (including phenoxy) is 3. The van der Waals surface area contributed by atoms with Crippen LogP contribution in [-0.4, -0.2) is 49.5 Å². The van der Waals surface area contributed by atoms with Crippen LogP contribution in [0.25, 0.3) is 0 Å². The van der Waals surface area contributed by atoms with Crippen molar-refractivity contribution in [3.63, 3.8) is 0 Å². The molecular weight excluding hydrogens is 314 g/mol. The van der Waals surface area contributed by atoms with E-state index < -0.39 is 29.5 Å². The Morgan fingerprint density at radius 2 is 2.17 bits per heavy atom. The van der Waals surface area contributed by atoms with E-state index in [4.69, 9.17) is 14.2 Å². The number of fused-ring (bicyclic) bond motifs is 1. The Labute approximate surface area is 138 Å². The zero-order valence-corrected chi connectivity index (χ0v) is 13.3. The fourth-order valence-corrected chi connectivity index (χ4v) is 3.99. The maximum absolute atomic E-state index is 13.0. The number of amides is 1. The predicted molar refractivity (Wildman–Crippen MR) is 83.3 cm³/mol. The second-order valence-corrected chi connectivity index (χ2v) is 6.20. The molecule has 2 bridgehead atoms. The van der Waals surface area contributed by atoms with Crippen LogP contribution in [0, 0.1) is 11.8 Å². The van der Waals surface area contributed by atoms with E-state index in [0.29, 0.717) is 17.2 Å². The van der Waals surface area contributed by atoms with Crippen molar-refractivity contribution >= 4 is 17.6 Å². The van der Waals surface area contributed by atoms with Gasteiger partial charge in [-0.3, -0.25) is 9.59 Å². The number of benzene rings is 1. The molecule has 2 saturated heterocycles. The summed E-state index contributed by atoms with van der Waals surface area (Å²) in [5, 5.41) is 9.50. The van der Waals surface area contributed by atoms with Crippen molar-refractivity contribution < 1.29 is 28.9 Å². The maximum atomic E-state index is 13.0. The standard InChI is InChI=1S/C17H17NO6/c1-22-9-3-4-10(12(7-9)23-2)18-8-17-6-5-11(24-17)13(16(20)21)14(17)15(18)19/h3-7,11,13-14H,8H2,1-2H3,(H,20,21)/t11-,13-,14-,17+/m1/s1. The van der Waals surface area contributed by atoms with Crippen LogP contribution >= 0.6 is 0 Å². The first-order valence-electron chi connectivity index (χ1n) is 7.64. The van der Waals surface area contributed by atoms with Crippen molar-refractivity contribution in [1.82, 2.24) is 0 Å².